The summed E-state index contributed by atoms with van der Waals surface area (Å²) in [5.74, 6) is 1.15. The second-order valence-corrected chi connectivity index (χ2v) is 6.58. The fourth-order valence-corrected chi connectivity index (χ4v) is 3.78. The van der Waals surface area contributed by atoms with Crippen LogP contribution in [0.3, 0.4) is 0 Å². The summed E-state index contributed by atoms with van der Waals surface area (Å²) in [5, 5.41) is 18.1. The van der Waals surface area contributed by atoms with Gasteiger partial charge < -0.3 is 10.6 Å². The van der Waals surface area contributed by atoms with E-state index in [9.17, 15) is 10.1 Å². The lowest BCUT2D eigenvalue weighted by atomic mass is 10.2. The van der Waals surface area contributed by atoms with Gasteiger partial charge in [0.15, 0.2) is 0 Å². The van der Waals surface area contributed by atoms with Crippen LogP contribution in [0.5, 0.6) is 0 Å². The van der Waals surface area contributed by atoms with Crippen molar-refractivity contribution >= 4 is 28.8 Å². The first-order chi connectivity index (χ1) is 9.62. The third-order valence-corrected chi connectivity index (χ3v) is 4.81. The second kappa shape index (κ2) is 6.83. The smallest absolute Gasteiger partial charge is 0.273 e. The lowest BCUT2D eigenvalue weighted by molar-refractivity contribution is -0.384. The molecule has 2 rings (SSSR count). The highest BCUT2D eigenvalue weighted by Gasteiger charge is 2.24. The van der Waals surface area contributed by atoms with E-state index in [4.69, 9.17) is 0 Å². The molecule has 20 heavy (non-hydrogen) atoms. The van der Waals surface area contributed by atoms with Gasteiger partial charge in [-0.2, -0.15) is 11.8 Å². The molecule has 1 aliphatic carbocycles. The number of thioether (sulfide) groups is 1. The van der Waals surface area contributed by atoms with Crippen LogP contribution in [0.25, 0.3) is 0 Å². The summed E-state index contributed by atoms with van der Waals surface area (Å²) in [7, 11) is 1.77. The van der Waals surface area contributed by atoms with Gasteiger partial charge >= 0.3 is 0 Å². The van der Waals surface area contributed by atoms with Crippen LogP contribution in [0.1, 0.15) is 26.2 Å². The molecule has 0 radical (unpaired) electrons. The van der Waals surface area contributed by atoms with Crippen LogP contribution < -0.4 is 10.6 Å². The van der Waals surface area contributed by atoms with Gasteiger partial charge in [0.2, 0.25) is 0 Å². The Balaban J connectivity index is 2.05. The maximum absolute atomic E-state index is 10.9. The van der Waals surface area contributed by atoms with Gasteiger partial charge in [-0.1, -0.05) is 6.92 Å². The van der Waals surface area contributed by atoms with Gasteiger partial charge in [0.25, 0.3) is 5.69 Å². The highest BCUT2D eigenvalue weighted by atomic mass is 32.2. The summed E-state index contributed by atoms with van der Waals surface area (Å²) in [5.41, 5.74) is 1.71. The minimum Gasteiger partial charge on any atom is -0.388 e. The minimum atomic E-state index is -0.351. The summed E-state index contributed by atoms with van der Waals surface area (Å²) < 4.78 is 0. The Kier molecular flexibility index (Phi) is 5.11. The molecule has 2 N–H and O–H groups in total. The quantitative estimate of drug-likeness (QED) is 0.618. The Labute approximate surface area is 123 Å². The standard InChI is InChI=1S/C14H21N3O2S/c1-3-20-14-5-4-10(9-14)16-12-6-11(15-2)7-13(8-12)17(18)19/h6-8,10,14-16H,3-5,9H2,1-2H3. The molecule has 0 bridgehead atoms. The topological polar surface area (TPSA) is 67.2 Å². The van der Waals surface area contributed by atoms with Gasteiger partial charge in [-0.15, -0.1) is 0 Å². The molecule has 0 saturated heterocycles. The van der Waals surface area contributed by atoms with E-state index >= 15 is 0 Å². The molecule has 5 nitrogen and oxygen atoms in total. The second-order valence-electron chi connectivity index (χ2n) is 5.01. The average Bonchev–Trinajstić information content (AvgIpc) is 2.86. The molecule has 1 aliphatic rings. The zero-order chi connectivity index (χ0) is 14.5. The van der Waals surface area contributed by atoms with Crippen LogP contribution in [-0.4, -0.2) is 29.0 Å². The molecule has 1 aromatic rings. The van der Waals surface area contributed by atoms with Crippen molar-refractivity contribution in [2.45, 2.75) is 37.5 Å². The summed E-state index contributed by atoms with van der Waals surface area (Å²) in [6, 6.07) is 5.51. The molecule has 0 heterocycles. The predicted molar refractivity (Wildman–Crippen MR) is 85.8 cm³/mol. The molecule has 1 fully saturated rings. The van der Waals surface area contributed by atoms with Crippen molar-refractivity contribution in [1.29, 1.82) is 0 Å². The van der Waals surface area contributed by atoms with Crippen molar-refractivity contribution < 1.29 is 4.92 Å². The first-order valence-corrected chi connectivity index (χ1v) is 8.02. The molecule has 2 atom stereocenters. The number of nitrogens with one attached hydrogen (secondary N) is 2. The van der Waals surface area contributed by atoms with Crippen molar-refractivity contribution in [3.63, 3.8) is 0 Å². The van der Waals surface area contributed by atoms with E-state index in [1.807, 2.05) is 17.8 Å². The van der Waals surface area contributed by atoms with Crippen molar-refractivity contribution in [1.82, 2.24) is 0 Å². The molecular weight excluding hydrogens is 274 g/mol. The van der Waals surface area contributed by atoms with E-state index in [1.54, 1.807) is 19.2 Å². The Morgan fingerprint density at radius 1 is 1.35 bits per heavy atom. The van der Waals surface area contributed by atoms with Gasteiger partial charge in [0.05, 0.1) is 4.92 Å². The molecule has 0 aliphatic heterocycles. The Hall–Kier alpha value is -1.43. The van der Waals surface area contributed by atoms with E-state index in [-0.39, 0.29) is 10.6 Å². The van der Waals surface area contributed by atoms with Crippen molar-refractivity contribution in [2.75, 3.05) is 23.4 Å². The third kappa shape index (κ3) is 3.79. The SMILES string of the molecule is CCSC1CCC(Nc2cc(NC)cc([N+](=O)[O-])c2)C1. The Morgan fingerprint density at radius 2 is 2.10 bits per heavy atom. The summed E-state index contributed by atoms with van der Waals surface area (Å²) in [4.78, 5) is 10.6. The molecule has 1 saturated carbocycles. The molecule has 0 amide bonds. The van der Waals surface area contributed by atoms with Crippen LogP contribution in [0.2, 0.25) is 0 Å². The number of rotatable bonds is 6. The average molecular weight is 295 g/mol. The molecule has 6 heteroatoms. The van der Waals surface area contributed by atoms with Gasteiger partial charge in [0.1, 0.15) is 0 Å². The summed E-state index contributed by atoms with van der Waals surface area (Å²) in [6.07, 6.45) is 3.50. The number of non-ortho nitro benzene ring substituents is 1. The van der Waals surface area contributed by atoms with Crippen molar-refractivity contribution in [2.24, 2.45) is 0 Å². The van der Waals surface area contributed by atoms with Crippen LogP contribution in [-0.2, 0) is 0 Å². The lowest BCUT2D eigenvalue weighted by Gasteiger charge is -2.15. The van der Waals surface area contributed by atoms with Crippen molar-refractivity contribution in [3.8, 4) is 0 Å². The lowest BCUT2D eigenvalue weighted by Crippen LogP contribution is -2.16. The van der Waals surface area contributed by atoms with E-state index in [0.717, 1.165) is 35.2 Å². The van der Waals surface area contributed by atoms with E-state index in [0.29, 0.717) is 6.04 Å². The van der Waals surface area contributed by atoms with Crippen molar-refractivity contribution in [3.05, 3.63) is 28.3 Å². The first kappa shape index (κ1) is 15.0. The van der Waals surface area contributed by atoms with E-state index < -0.39 is 0 Å². The third-order valence-electron chi connectivity index (χ3n) is 3.57. The fourth-order valence-electron chi connectivity index (χ4n) is 2.64. The number of nitrogens with zero attached hydrogens (tertiary/aromatic N) is 1. The van der Waals surface area contributed by atoms with E-state index in [2.05, 4.69) is 17.6 Å². The Bertz CT molecular complexity index is 481. The van der Waals surface area contributed by atoms with Crippen LogP contribution in [0.4, 0.5) is 17.1 Å². The fraction of sp³-hybridized carbons (Fsp3) is 0.571. The van der Waals surface area contributed by atoms with E-state index in [1.165, 1.54) is 6.42 Å². The highest BCUT2D eigenvalue weighted by molar-refractivity contribution is 7.99. The van der Waals surface area contributed by atoms with Gasteiger partial charge in [-0.3, -0.25) is 10.1 Å². The molecular formula is C14H21N3O2S. The maximum Gasteiger partial charge on any atom is 0.273 e. The highest BCUT2D eigenvalue weighted by Crippen LogP contribution is 2.33. The number of hydrogen-bond donors (Lipinski definition) is 2. The van der Waals surface area contributed by atoms with Crippen LogP contribution in [0.15, 0.2) is 18.2 Å². The monoisotopic (exact) mass is 295 g/mol. The summed E-state index contributed by atoms with van der Waals surface area (Å²) >= 11 is 2.01. The van der Waals surface area contributed by atoms with Crippen LogP contribution >= 0.6 is 11.8 Å². The number of nitro groups is 1. The first-order valence-electron chi connectivity index (χ1n) is 6.97. The van der Waals surface area contributed by atoms with Gasteiger partial charge in [-0.25, -0.2) is 0 Å². The summed E-state index contributed by atoms with van der Waals surface area (Å²) in [6.45, 7) is 2.19. The van der Waals surface area contributed by atoms with Gasteiger partial charge in [-0.05, 0) is 31.1 Å². The zero-order valence-electron chi connectivity index (χ0n) is 11.9. The van der Waals surface area contributed by atoms with Gasteiger partial charge in [0, 0.05) is 41.8 Å². The largest absolute Gasteiger partial charge is 0.388 e. The maximum atomic E-state index is 10.9. The number of anilines is 2. The Morgan fingerprint density at radius 3 is 2.75 bits per heavy atom. The molecule has 1 aromatic carbocycles. The minimum absolute atomic E-state index is 0.122. The normalized spacial score (nSPS) is 21.7. The number of benzene rings is 1. The molecule has 0 spiro atoms. The number of hydrogen-bond acceptors (Lipinski definition) is 5. The number of nitro benzene ring substituents is 1. The predicted octanol–water partition coefficient (Wildman–Crippen LogP) is 3.72. The zero-order valence-corrected chi connectivity index (χ0v) is 12.7. The molecule has 2 unspecified atom stereocenters. The molecule has 110 valence electrons. The van der Waals surface area contributed by atoms with Crippen LogP contribution in [0, 0.1) is 10.1 Å². The molecule has 0 aromatic heterocycles.